The molecule has 0 saturated heterocycles. The zero-order valence-electron chi connectivity index (χ0n) is 13.4. The normalized spacial score (nSPS) is 17.3. The summed E-state index contributed by atoms with van der Waals surface area (Å²) in [6.07, 6.45) is 0.540. The molecule has 1 nitrogen and oxygen atoms in total. The largest absolute Gasteiger partial charge is 0.294 e. The Balaban J connectivity index is 1.95. The van der Waals surface area contributed by atoms with E-state index in [-0.39, 0.29) is 11.7 Å². The number of benzene rings is 3. The topological polar surface area (TPSA) is 17.1 Å². The van der Waals surface area contributed by atoms with E-state index in [9.17, 15) is 4.79 Å². The average molecular weight is 310 g/mol. The first-order valence-electron chi connectivity index (χ1n) is 8.28. The Kier molecular flexibility index (Phi) is 3.84. The second-order valence-electron chi connectivity index (χ2n) is 6.11. The molecule has 0 amide bonds. The van der Waals surface area contributed by atoms with Gasteiger partial charge in [-0.25, -0.2) is 0 Å². The summed E-state index contributed by atoms with van der Waals surface area (Å²) in [7, 11) is 0. The Hall–Kier alpha value is -2.93. The lowest BCUT2D eigenvalue weighted by molar-refractivity contribution is -0.113. The van der Waals surface area contributed by atoms with Crippen molar-refractivity contribution in [3.8, 4) is 0 Å². The van der Waals surface area contributed by atoms with Crippen LogP contribution < -0.4 is 0 Å². The predicted octanol–water partition coefficient (Wildman–Crippen LogP) is 5.35. The molecule has 3 aromatic carbocycles. The molecule has 0 heterocycles. The van der Waals surface area contributed by atoms with Gasteiger partial charge >= 0.3 is 0 Å². The van der Waals surface area contributed by atoms with E-state index >= 15 is 0 Å². The molecule has 3 aromatic rings. The SMILES string of the molecule is O=C1CC(c2ccccc2)C(c2ccccc2)=C1c1ccccc1. The highest BCUT2D eigenvalue weighted by Crippen LogP contribution is 2.46. The second kappa shape index (κ2) is 6.29. The third-order valence-corrected chi connectivity index (χ3v) is 4.64. The first-order valence-corrected chi connectivity index (χ1v) is 8.28. The number of hydrogen-bond donors (Lipinski definition) is 0. The molecular weight excluding hydrogens is 292 g/mol. The van der Waals surface area contributed by atoms with Crippen molar-refractivity contribution < 1.29 is 4.79 Å². The molecule has 0 aromatic heterocycles. The van der Waals surface area contributed by atoms with Crippen LogP contribution in [-0.2, 0) is 4.79 Å². The molecule has 0 saturated carbocycles. The molecule has 4 rings (SSSR count). The minimum Gasteiger partial charge on any atom is -0.294 e. The first kappa shape index (κ1) is 14.6. The number of carbonyl (C=O) groups is 1. The van der Waals surface area contributed by atoms with Gasteiger partial charge in [-0.05, 0) is 22.3 Å². The lowest BCUT2D eigenvalue weighted by atomic mass is 9.87. The van der Waals surface area contributed by atoms with Gasteiger partial charge in [-0.2, -0.15) is 0 Å². The highest BCUT2D eigenvalue weighted by Gasteiger charge is 2.34. The molecule has 0 radical (unpaired) electrons. The standard InChI is InChI=1S/C23H18O/c24-21-16-20(17-10-4-1-5-11-17)22(18-12-6-2-7-13-18)23(21)19-14-8-3-9-15-19/h1-15,20H,16H2. The summed E-state index contributed by atoms with van der Waals surface area (Å²) >= 11 is 0. The zero-order valence-corrected chi connectivity index (χ0v) is 13.4. The van der Waals surface area contributed by atoms with E-state index in [0.29, 0.717) is 6.42 Å². The van der Waals surface area contributed by atoms with E-state index in [1.54, 1.807) is 0 Å². The van der Waals surface area contributed by atoms with Crippen LogP contribution >= 0.6 is 0 Å². The van der Waals surface area contributed by atoms with Crippen molar-refractivity contribution >= 4 is 16.9 Å². The van der Waals surface area contributed by atoms with Crippen molar-refractivity contribution in [1.29, 1.82) is 0 Å². The van der Waals surface area contributed by atoms with Crippen molar-refractivity contribution in [3.05, 3.63) is 108 Å². The Morgan fingerprint density at radius 2 is 1.12 bits per heavy atom. The third kappa shape index (κ3) is 2.59. The molecule has 1 atom stereocenters. The number of rotatable bonds is 3. The van der Waals surface area contributed by atoms with Gasteiger partial charge in [0.05, 0.1) is 0 Å². The summed E-state index contributed by atoms with van der Waals surface area (Å²) in [5.41, 5.74) is 5.38. The molecule has 0 spiro atoms. The maximum absolute atomic E-state index is 12.9. The smallest absolute Gasteiger partial charge is 0.164 e. The van der Waals surface area contributed by atoms with Crippen LogP contribution in [0.2, 0.25) is 0 Å². The highest BCUT2D eigenvalue weighted by atomic mass is 16.1. The van der Waals surface area contributed by atoms with E-state index in [1.165, 1.54) is 5.56 Å². The fourth-order valence-corrected chi connectivity index (χ4v) is 3.57. The summed E-state index contributed by atoms with van der Waals surface area (Å²) in [5, 5.41) is 0. The van der Waals surface area contributed by atoms with Crippen LogP contribution in [-0.4, -0.2) is 5.78 Å². The summed E-state index contributed by atoms with van der Waals surface area (Å²) in [6, 6.07) is 30.7. The minimum absolute atomic E-state index is 0.122. The van der Waals surface area contributed by atoms with E-state index < -0.39 is 0 Å². The lowest BCUT2D eigenvalue weighted by Crippen LogP contribution is -1.99. The van der Waals surface area contributed by atoms with E-state index in [4.69, 9.17) is 0 Å². The Morgan fingerprint density at radius 1 is 0.625 bits per heavy atom. The number of hydrogen-bond acceptors (Lipinski definition) is 1. The van der Waals surface area contributed by atoms with Gasteiger partial charge in [0, 0.05) is 17.9 Å². The van der Waals surface area contributed by atoms with Crippen LogP contribution in [0, 0.1) is 0 Å². The van der Waals surface area contributed by atoms with Crippen LogP contribution in [0.5, 0.6) is 0 Å². The van der Waals surface area contributed by atoms with Gasteiger partial charge in [0.1, 0.15) is 0 Å². The zero-order chi connectivity index (χ0) is 16.4. The van der Waals surface area contributed by atoms with E-state index in [0.717, 1.165) is 22.3 Å². The monoisotopic (exact) mass is 310 g/mol. The van der Waals surface area contributed by atoms with Crippen molar-refractivity contribution in [3.63, 3.8) is 0 Å². The van der Waals surface area contributed by atoms with Gasteiger partial charge in [-0.15, -0.1) is 0 Å². The van der Waals surface area contributed by atoms with Crippen LogP contribution in [0.4, 0.5) is 0 Å². The van der Waals surface area contributed by atoms with Crippen LogP contribution in [0.1, 0.15) is 29.0 Å². The van der Waals surface area contributed by atoms with Gasteiger partial charge < -0.3 is 0 Å². The van der Waals surface area contributed by atoms with Gasteiger partial charge in [0.25, 0.3) is 0 Å². The summed E-state index contributed by atoms with van der Waals surface area (Å²) < 4.78 is 0. The number of allylic oxidation sites excluding steroid dienone is 2. The van der Waals surface area contributed by atoms with Gasteiger partial charge in [0.15, 0.2) is 5.78 Å². The Labute approximate surface area is 142 Å². The first-order chi connectivity index (χ1) is 11.8. The van der Waals surface area contributed by atoms with Crippen LogP contribution in [0.15, 0.2) is 91.0 Å². The van der Waals surface area contributed by atoms with Crippen LogP contribution in [0.3, 0.4) is 0 Å². The Bertz CT molecular complexity index is 877. The van der Waals surface area contributed by atoms with Crippen molar-refractivity contribution in [2.24, 2.45) is 0 Å². The fraction of sp³-hybridized carbons (Fsp3) is 0.0870. The highest BCUT2D eigenvalue weighted by molar-refractivity contribution is 6.32. The van der Waals surface area contributed by atoms with E-state index in [1.807, 2.05) is 66.7 Å². The third-order valence-electron chi connectivity index (χ3n) is 4.64. The number of ketones is 1. The summed E-state index contributed by atoms with van der Waals surface area (Å²) in [6.45, 7) is 0. The molecule has 0 aliphatic heterocycles. The maximum atomic E-state index is 12.9. The lowest BCUT2D eigenvalue weighted by Gasteiger charge is -2.16. The molecule has 0 N–H and O–H groups in total. The molecule has 1 heteroatoms. The average Bonchev–Trinajstić information content (AvgIpc) is 3.01. The second-order valence-corrected chi connectivity index (χ2v) is 6.11. The van der Waals surface area contributed by atoms with Crippen molar-refractivity contribution in [1.82, 2.24) is 0 Å². The summed E-state index contributed by atoms with van der Waals surface area (Å²) in [5.74, 6) is 0.352. The number of carbonyl (C=O) groups excluding carboxylic acids is 1. The quantitative estimate of drug-likeness (QED) is 0.637. The van der Waals surface area contributed by atoms with Gasteiger partial charge in [-0.3, -0.25) is 4.79 Å². The molecule has 24 heavy (non-hydrogen) atoms. The van der Waals surface area contributed by atoms with Crippen molar-refractivity contribution in [2.45, 2.75) is 12.3 Å². The van der Waals surface area contributed by atoms with Crippen molar-refractivity contribution in [2.75, 3.05) is 0 Å². The molecule has 0 bridgehead atoms. The molecule has 1 unspecified atom stereocenters. The predicted molar refractivity (Wildman–Crippen MR) is 98.5 cm³/mol. The number of Topliss-reactive ketones (excluding diaryl/α,β-unsaturated/α-hetero) is 1. The maximum Gasteiger partial charge on any atom is 0.164 e. The Morgan fingerprint density at radius 3 is 1.71 bits per heavy atom. The fourth-order valence-electron chi connectivity index (χ4n) is 3.57. The van der Waals surface area contributed by atoms with Gasteiger partial charge in [0.2, 0.25) is 0 Å². The van der Waals surface area contributed by atoms with Gasteiger partial charge in [-0.1, -0.05) is 91.0 Å². The molecule has 1 aliphatic rings. The molecule has 1 aliphatic carbocycles. The van der Waals surface area contributed by atoms with E-state index in [2.05, 4.69) is 24.3 Å². The molecular formula is C23H18O. The molecule has 0 fully saturated rings. The summed E-state index contributed by atoms with van der Waals surface area (Å²) in [4.78, 5) is 12.9. The molecule has 116 valence electrons. The van der Waals surface area contributed by atoms with Crippen LogP contribution in [0.25, 0.3) is 11.1 Å². The minimum atomic E-state index is 0.122.